The largest absolute Gasteiger partial charge is 0.417 e. The summed E-state index contributed by atoms with van der Waals surface area (Å²) in [7, 11) is 1.36. The Morgan fingerprint density at radius 1 is 1.43 bits per heavy atom. The number of nitrogens with two attached hydrogens (primary N) is 1. The fourth-order valence-electron chi connectivity index (χ4n) is 1.81. The first-order valence-corrected chi connectivity index (χ1v) is 6.07. The van der Waals surface area contributed by atoms with Crippen LogP contribution in [0.5, 0.6) is 0 Å². The van der Waals surface area contributed by atoms with Crippen molar-refractivity contribution >= 4 is 11.7 Å². The second kappa shape index (κ2) is 6.47. The molecule has 0 aliphatic carbocycles. The molecule has 0 spiro atoms. The SMILES string of the molecule is CC(CN(C)C(=O)c1ccccc1C(F)(F)F)C(N)=NO. The number of nitrogens with zero attached hydrogens (tertiary/aromatic N) is 2. The first kappa shape index (κ1) is 16.8. The van der Waals surface area contributed by atoms with Crippen LogP contribution in [-0.2, 0) is 6.18 Å². The van der Waals surface area contributed by atoms with Gasteiger partial charge in [-0.1, -0.05) is 24.2 Å². The minimum Gasteiger partial charge on any atom is -0.409 e. The van der Waals surface area contributed by atoms with Gasteiger partial charge in [-0.05, 0) is 12.1 Å². The molecular formula is C13H16F3N3O2. The fraction of sp³-hybridized carbons (Fsp3) is 0.385. The Hall–Kier alpha value is -2.25. The van der Waals surface area contributed by atoms with Gasteiger partial charge in [-0.3, -0.25) is 4.79 Å². The van der Waals surface area contributed by atoms with E-state index in [9.17, 15) is 18.0 Å². The standard InChI is InChI=1S/C13H16F3N3O2/c1-8(11(17)18-21)7-19(2)12(20)9-5-3-4-6-10(9)13(14,15)16/h3-6,8,21H,7H2,1-2H3,(H2,17,18). The maximum Gasteiger partial charge on any atom is 0.417 e. The van der Waals surface area contributed by atoms with Gasteiger partial charge in [0.05, 0.1) is 11.1 Å². The number of oxime groups is 1. The number of carbonyl (C=O) groups excluding carboxylic acids is 1. The average molecular weight is 303 g/mol. The lowest BCUT2D eigenvalue weighted by molar-refractivity contribution is -0.138. The molecule has 8 heteroatoms. The van der Waals surface area contributed by atoms with Crippen LogP contribution >= 0.6 is 0 Å². The molecule has 0 saturated carbocycles. The highest BCUT2D eigenvalue weighted by Gasteiger charge is 2.35. The van der Waals surface area contributed by atoms with Crippen LogP contribution in [0.3, 0.4) is 0 Å². The van der Waals surface area contributed by atoms with Crippen molar-refractivity contribution in [3.05, 3.63) is 35.4 Å². The molecule has 116 valence electrons. The second-order valence-electron chi connectivity index (χ2n) is 4.65. The quantitative estimate of drug-likeness (QED) is 0.387. The van der Waals surface area contributed by atoms with Crippen molar-refractivity contribution < 1.29 is 23.2 Å². The molecule has 1 rings (SSSR count). The van der Waals surface area contributed by atoms with Crippen LogP contribution in [0.4, 0.5) is 13.2 Å². The highest BCUT2D eigenvalue weighted by atomic mass is 19.4. The fourth-order valence-corrected chi connectivity index (χ4v) is 1.81. The third kappa shape index (κ3) is 4.11. The maximum atomic E-state index is 12.9. The molecule has 1 unspecified atom stereocenters. The Morgan fingerprint density at radius 2 is 2.00 bits per heavy atom. The van der Waals surface area contributed by atoms with E-state index in [1.165, 1.54) is 19.2 Å². The zero-order valence-corrected chi connectivity index (χ0v) is 11.6. The van der Waals surface area contributed by atoms with Gasteiger partial charge in [0, 0.05) is 19.5 Å². The van der Waals surface area contributed by atoms with E-state index in [0.717, 1.165) is 17.0 Å². The highest BCUT2D eigenvalue weighted by molar-refractivity contribution is 5.96. The lowest BCUT2D eigenvalue weighted by Crippen LogP contribution is -2.37. The smallest absolute Gasteiger partial charge is 0.409 e. The first-order valence-electron chi connectivity index (χ1n) is 6.07. The van der Waals surface area contributed by atoms with Gasteiger partial charge in [-0.25, -0.2) is 0 Å². The topological polar surface area (TPSA) is 78.9 Å². The average Bonchev–Trinajstić information content (AvgIpc) is 2.44. The highest BCUT2D eigenvalue weighted by Crippen LogP contribution is 2.32. The summed E-state index contributed by atoms with van der Waals surface area (Å²) >= 11 is 0. The zero-order valence-electron chi connectivity index (χ0n) is 11.6. The van der Waals surface area contributed by atoms with E-state index in [4.69, 9.17) is 10.9 Å². The van der Waals surface area contributed by atoms with Gasteiger partial charge in [-0.2, -0.15) is 13.2 Å². The van der Waals surface area contributed by atoms with Crippen LogP contribution in [-0.4, -0.2) is 35.4 Å². The molecule has 0 fully saturated rings. The molecule has 1 aromatic rings. The van der Waals surface area contributed by atoms with Crippen molar-refractivity contribution in [1.82, 2.24) is 4.90 Å². The molecule has 0 radical (unpaired) electrons. The van der Waals surface area contributed by atoms with Gasteiger partial charge in [0.25, 0.3) is 5.91 Å². The monoisotopic (exact) mass is 303 g/mol. The van der Waals surface area contributed by atoms with Gasteiger partial charge < -0.3 is 15.8 Å². The molecule has 1 aromatic carbocycles. The molecule has 0 bridgehead atoms. The zero-order chi connectivity index (χ0) is 16.2. The van der Waals surface area contributed by atoms with E-state index in [1.54, 1.807) is 6.92 Å². The number of hydrogen-bond donors (Lipinski definition) is 2. The Balaban J connectivity index is 2.99. The molecule has 0 aliphatic rings. The third-order valence-electron chi connectivity index (χ3n) is 2.98. The Labute approximate surface area is 119 Å². The minimum atomic E-state index is -4.61. The molecule has 0 heterocycles. The van der Waals surface area contributed by atoms with E-state index in [1.807, 2.05) is 0 Å². The first-order chi connectivity index (χ1) is 9.68. The third-order valence-corrected chi connectivity index (χ3v) is 2.98. The normalized spacial score (nSPS) is 13.9. The van der Waals surface area contributed by atoms with Gasteiger partial charge >= 0.3 is 6.18 Å². The summed E-state index contributed by atoms with van der Waals surface area (Å²) in [5.41, 5.74) is 3.97. The lowest BCUT2D eigenvalue weighted by Gasteiger charge is -2.22. The van der Waals surface area contributed by atoms with Crippen LogP contribution in [0.25, 0.3) is 0 Å². The number of carbonyl (C=O) groups is 1. The van der Waals surface area contributed by atoms with Crippen molar-refractivity contribution in [2.75, 3.05) is 13.6 Å². The number of halogens is 3. The molecule has 1 atom stereocenters. The second-order valence-corrected chi connectivity index (χ2v) is 4.65. The van der Waals surface area contributed by atoms with Gasteiger partial charge in [0.2, 0.25) is 0 Å². The summed E-state index contributed by atoms with van der Waals surface area (Å²) in [6.07, 6.45) is -4.61. The van der Waals surface area contributed by atoms with E-state index >= 15 is 0 Å². The van der Waals surface area contributed by atoms with E-state index < -0.39 is 29.1 Å². The van der Waals surface area contributed by atoms with Crippen LogP contribution in [0.15, 0.2) is 29.4 Å². The summed E-state index contributed by atoms with van der Waals surface area (Å²) in [6, 6.07) is 4.56. The molecular weight excluding hydrogens is 287 g/mol. The Bertz CT molecular complexity index is 544. The minimum absolute atomic E-state index is 0.0287. The number of rotatable bonds is 4. The molecule has 3 N–H and O–H groups in total. The Kier molecular flexibility index (Phi) is 5.17. The maximum absolute atomic E-state index is 12.9. The number of amides is 1. The summed E-state index contributed by atoms with van der Waals surface area (Å²) in [5.74, 6) is -1.36. The molecule has 0 saturated heterocycles. The number of benzene rings is 1. The molecule has 1 amide bonds. The van der Waals surface area contributed by atoms with Crippen LogP contribution < -0.4 is 5.73 Å². The van der Waals surface area contributed by atoms with E-state index in [0.29, 0.717) is 0 Å². The predicted molar refractivity (Wildman–Crippen MR) is 71.0 cm³/mol. The van der Waals surface area contributed by atoms with Crippen LogP contribution in [0.2, 0.25) is 0 Å². The lowest BCUT2D eigenvalue weighted by atomic mass is 10.0. The molecule has 5 nitrogen and oxygen atoms in total. The van der Waals surface area contributed by atoms with Crippen molar-refractivity contribution in [2.24, 2.45) is 16.8 Å². The van der Waals surface area contributed by atoms with Crippen LogP contribution in [0.1, 0.15) is 22.8 Å². The van der Waals surface area contributed by atoms with Crippen molar-refractivity contribution in [2.45, 2.75) is 13.1 Å². The van der Waals surface area contributed by atoms with E-state index in [2.05, 4.69) is 5.16 Å². The molecule has 21 heavy (non-hydrogen) atoms. The summed E-state index contributed by atoms with van der Waals surface area (Å²) in [4.78, 5) is 13.2. The number of alkyl halides is 3. The molecule has 0 aromatic heterocycles. The van der Waals surface area contributed by atoms with Gasteiger partial charge in [0.1, 0.15) is 5.84 Å². The van der Waals surface area contributed by atoms with Crippen molar-refractivity contribution in [1.29, 1.82) is 0 Å². The summed E-state index contributed by atoms with van der Waals surface area (Å²) in [5, 5.41) is 11.3. The van der Waals surface area contributed by atoms with Crippen LogP contribution in [0, 0.1) is 5.92 Å². The predicted octanol–water partition coefficient (Wildman–Crippen LogP) is 2.16. The van der Waals surface area contributed by atoms with E-state index in [-0.39, 0.29) is 12.4 Å². The van der Waals surface area contributed by atoms with Crippen molar-refractivity contribution in [3.8, 4) is 0 Å². The van der Waals surface area contributed by atoms with Gasteiger partial charge in [0.15, 0.2) is 0 Å². The van der Waals surface area contributed by atoms with Crippen molar-refractivity contribution in [3.63, 3.8) is 0 Å². The van der Waals surface area contributed by atoms with Gasteiger partial charge in [-0.15, -0.1) is 0 Å². The number of amidine groups is 1. The Morgan fingerprint density at radius 3 is 2.52 bits per heavy atom. The summed E-state index contributed by atoms with van der Waals surface area (Å²) < 4.78 is 38.6. The summed E-state index contributed by atoms with van der Waals surface area (Å²) in [6.45, 7) is 1.62. The molecule has 0 aliphatic heterocycles. The number of hydrogen-bond acceptors (Lipinski definition) is 3.